The van der Waals surface area contributed by atoms with Gasteiger partial charge >= 0.3 is 11.9 Å². The molecule has 0 heterocycles. The molecule has 0 saturated carbocycles. The van der Waals surface area contributed by atoms with E-state index in [9.17, 15) is 9.59 Å². The van der Waals surface area contributed by atoms with Crippen LogP contribution in [0.4, 0.5) is 0 Å². The second kappa shape index (κ2) is 5.64. The van der Waals surface area contributed by atoms with E-state index in [0.29, 0.717) is 5.56 Å². The highest BCUT2D eigenvalue weighted by Gasteiger charge is 2.09. The number of hydrogen-bond acceptors (Lipinski definition) is 4. The molecule has 17 heavy (non-hydrogen) atoms. The molecule has 0 aliphatic heterocycles. The fourth-order valence-corrected chi connectivity index (χ4v) is 1.03. The number of carboxylic acids is 1. The summed E-state index contributed by atoms with van der Waals surface area (Å²) in [7, 11) is 0. The molecule has 0 radical (unpaired) electrons. The van der Waals surface area contributed by atoms with Crippen LogP contribution in [0, 0.1) is 6.92 Å². The molecule has 0 bridgehead atoms. The quantitative estimate of drug-likeness (QED) is 0.262. The number of aryl methyl sites for hydroxylation is 1. The number of carbonyl (C=O) groups excluding carboxylic acids is 1. The maximum absolute atomic E-state index is 10.9. The molecule has 1 rings (SSSR count). The number of benzene rings is 1. The van der Waals surface area contributed by atoms with Crippen LogP contribution >= 0.6 is 0 Å². The third-order valence-electron chi connectivity index (χ3n) is 1.89. The minimum absolute atomic E-state index is 0.0174. The van der Waals surface area contributed by atoms with Crippen LogP contribution in [0.2, 0.25) is 0 Å². The number of aliphatic carboxylic acids is 1. The zero-order valence-electron chi connectivity index (χ0n) is 9.21. The molecule has 0 amide bonds. The fraction of sp³-hybridized carbons (Fsp3) is 0.182. The molecule has 90 valence electrons. The first-order valence-electron chi connectivity index (χ1n) is 4.81. The molecule has 0 saturated heterocycles. The van der Waals surface area contributed by atoms with Crippen molar-refractivity contribution in [3.8, 4) is 0 Å². The van der Waals surface area contributed by atoms with Gasteiger partial charge in [-0.2, -0.15) is 0 Å². The Morgan fingerprint density at radius 2 is 1.94 bits per heavy atom. The summed E-state index contributed by atoms with van der Waals surface area (Å²) in [4.78, 5) is 25.4. The van der Waals surface area contributed by atoms with E-state index in [4.69, 9.17) is 10.8 Å². The molecule has 1 aromatic carbocycles. The summed E-state index contributed by atoms with van der Waals surface area (Å²) >= 11 is 0. The predicted octanol–water partition coefficient (Wildman–Crippen LogP) is 0.633. The number of hydrogen-bond donors (Lipinski definition) is 2. The molecule has 0 fully saturated rings. The summed E-state index contributed by atoms with van der Waals surface area (Å²) in [6.45, 7) is 1.92. The zero-order chi connectivity index (χ0) is 12.8. The van der Waals surface area contributed by atoms with Crippen LogP contribution in [0.5, 0.6) is 0 Å². The van der Waals surface area contributed by atoms with Crippen molar-refractivity contribution in [3.63, 3.8) is 0 Å². The van der Waals surface area contributed by atoms with E-state index in [1.807, 2.05) is 19.1 Å². The SMILES string of the molecule is Cc1ccc(/C(N)=N/OC(=O)CC(=O)O)cc1. The van der Waals surface area contributed by atoms with Gasteiger partial charge in [0.05, 0.1) is 0 Å². The van der Waals surface area contributed by atoms with Gasteiger partial charge in [-0.25, -0.2) is 4.79 Å². The molecule has 0 spiro atoms. The van der Waals surface area contributed by atoms with Crippen LogP contribution in [0.3, 0.4) is 0 Å². The Bertz CT molecular complexity index is 451. The monoisotopic (exact) mass is 236 g/mol. The van der Waals surface area contributed by atoms with Gasteiger partial charge in [-0.1, -0.05) is 35.0 Å². The minimum atomic E-state index is -1.28. The van der Waals surface area contributed by atoms with Gasteiger partial charge in [0.15, 0.2) is 5.84 Å². The Hall–Kier alpha value is -2.37. The van der Waals surface area contributed by atoms with Gasteiger partial charge in [0.1, 0.15) is 6.42 Å². The molecular weight excluding hydrogens is 224 g/mol. The lowest BCUT2D eigenvalue weighted by Crippen LogP contribution is -2.16. The topological polar surface area (TPSA) is 102 Å². The van der Waals surface area contributed by atoms with Crippen LogP contribution in [-0.4, -0.2) is 22.9 Å². The molecule has 0 atom stereocenters. The number of amidine groups is 1. The minimum Gasteiger partial charge on any atom is -0.481 e. The molecule has 3 N–H and O–H groups in total. The van der Waals surface area contributed by atoms with Crippen molar-refractivity contribution < 1.29 is 19.5 Å². The molecule has 6 nitrogen and oxygen atoms in total. The van der Waals surface area contributed by atoms with Crippen molar-refractivity contribution in [1.82, 2.24) is 0 Å². The first-order chi connectivity index (χ1) is 7.99. The molecule has 1 aromatic rings. The number of rotatable bonds is 4. The number of nitrogens with zero attached hydrogens (tertiary/aromatic N) is 1. The molecule has 0 aromatic heterocycles. The number of carbonyl (C=O) groups is 2. The third-order valence-corrected chi connectivity index (χ3v) is 1.89. The van der Waals surface area contributed by atoms with Gasteiger partial charge in [-0.05, 0) is 6.92 Å². The molecule has 0 unspecified atom stereocenters. The lowest BCUT2D eigenvalue weighted by Gasteiger charge is -2.00. The fourth-order valence-electron chi connectivity index (χ4n) is 1.03. The molecular formula is C11H12N2O4. The third kappa shape index (κ3) is 4.33. The Morgan fingerprint density at radius 1 is 1.35 bits per heavy atom. The Balaban J connectivity index is 2.63. The van der Waals surface area contributed by atoms with Crippen molar-refractivity contribution >= 4 is 17.8 Å². The van der Waals surface area contributed by atoms with E-state index in [0.717, 1.165) is 5.56 Å². The highest BCUT2D eigenvalue weighted by Crippen LogP contribution is 2.03. The van der Waals surface area contributed by atoms with Crippen molar-refractivity contribution in [1.29, 1.82) is 0 Å². The number of oxime groups is 1. The largest absolute Gasteiger partial charge is 0.481 e. The summed E-state index contributed by atoms with van der Waals surface area (Å²) in [5, 5.41) is 11.7. The summed E-state index contributed by atoms with van der Waals surface area (Å²) < 4.78 is 0. The van der Waals surface area contributed by atoms with Gasteiger partial charge in [0.25, 0.3) is 0 Å². The van der Waals surface area contributed by atoms with Crippen molar-refractivity contribution in [2.45, 2.75) is 13.3 Å². The van der Waals surface area contributed by atoms with Gasteiger partial charge < -0.3 is 15.7 Å². The Kier molecular flexibility index (Phi) is 4.21. The highest BCUT2D eigenvalue weighted by molar-refractivity contribution is 5.97. The van der Waals surface area contributed by atoms with E-state index in [1.54, 1.807) is 12.1 Å². The van der Waals surface area contributed by atoms with E-state index in [1.165, 1.54) is 0 Å². The van der Waals surface area contributed by atoms with Gasteiger partial charge in [0.2, 0.25) is 0 Å². The van der Waals surface area contributed by atoms with Crippen LogP contribution in [0.25, 0.3) is 0 Å². The van der Waals surface area contributed by atoms with E-state index >= 15 is 0 Å². The lowest BCUT2D eigenvalue weighted by molar-refractivity contribution is -0.151. The van der Waals surface area contributed by atoms with Crippen LogP contribution in [0.15, 0.2) is 29.4 Å². The van der Waals surface area contributed by atoms with Crippen LogP contribution < -0.4 is 5.73 Å². The zero-order valence-corrected chi connectivity index (χ0v) is 9.21. The normalized spacial score (nSPS) is 11.0. The summed E-state index contributed by atoms with van der Waals surface area (Å²) in [5.74, 6) is -2.23. The standard InChI is InChI=1S/C11H12N2O4/c1-7-2-4-8(5-3-7)11(12)13-17-10(16)6-9(14)15/h2-5H,6H2,1H3,(H2,12,13)(H,14,15). The first kappa shape index (κ1) is 12.7. The highest BCUT2D eigenvalue weighted by atomic mass is 16.7. The van der Waals surface area contributed by atoms with Gasteiger partial charge in [-0.3, -0.25) is 4.79 Å². The van der Waals surface area contributed by atoms with Gasteiger partial charge in [0, 0.05) is 5.56 Å². The van der Waals surface area contributed by atoms with Crippen molar-refractivity contribution in [3.05, 3.63) is 35.4 Å². The van der Waals surface area contributed by atoms with E-state index in [-0.39, 0.29) is 5.84 Å². The molecule has 0 aliphatic carbocycles. The average molecular weight is 236 g/mol. The lowest BCUT2D eigenvalue weighted by atomic mass is 10.1. The predicted molar refractivity (Wildman–Crippen MR) is 60.2 cm³/mol. The molecule has 0 aliphatic rings. The summed E-state index contributed by atoms with van der Waals surface area (Å²) in [6.07, 6.45) is -0.745. The molecule has 6 heteroatoms. The van der Waals surface area contributed by atoms with Crippen LogP contribution in [0.1, 0.15) is 17.5 Å². The maximum atomic E-state index is 10.9. The second-order valence-corrected chi connectivity index (χ2v) is 3.38. The maximum Gasteiger partial charge on any atom is 0.346 e. The second-order valence-electron chi connectivity index (χ2n) is 3.38. The smallest absolute Gasteiger partial charge is 0.346 e. The summed E-state index contributed by atoms with van der Waals surface area (Å²) in [6, 6.07) is 7.10. The number of carboxylic acid groups (broad SMARTS) is 1. The Morgan fingerprint density at radius 3 is 2.47 bits per heavy atom. The van der Waals surface area contributed by atoms with Gasteiger partial charge in [-0.15, -0.1) is 0 Å². The van der Waals surface area contributed by atoms with Crippen molar-refractivity contribution in [2.24, 2.45) is 10.9 Å². The average Bonchev–Trinajstić information content (AvgIpc) is 2.26. The van der Waals surface area contributed by atoms with E-state index in [2.05, 4.69) is 9.99 Å². The van der Waals surface area contributed by atoms with Crippen molar-refractivity contribution in [2.75, 3.05) is 0 Å². The Labute approximate surface area is 97.7 Å². The van der Waals surface area contributed by atoms with E-state index < -0.39 is 18.4 Å². The number of nitrogens with two attached hydrogens (primary N) is 1. The van der Waals surface area contributed by atoms with Crippen LogP contribution in [-0.2, 0) is 14.4 Å². The summed E-state index contributed by atoms with van der Waals surface area (Å²) in [5.41, 5.74) is 7.21. The first-order valence-corrected chi connectivity index (χ1v) is 4.81.